The van der Waals surface area contributed by atoms with Crippen LogP contribution in [-0.4, -0.2) is 28.7 Å². The first kappa shape index (κ1) is 12.5. The van der Waals surface area contributed by atoms with Crippen molar-refractivity contribution in [2.24, 2.45) is 5.92 Å². The molecule has 2 aromatic rings. The fourth-order valence-corrected chi connectivity index (χ4v) is 2.91. The van der Waals surface area contributed by atoms with E-state index in [0.717, 1.165) is 31.7 Å². The number of carboxylic acid groups (broad SMARTS) is 1. The van der Waals surface area contributed by atoms with Crippen molar-refractivity contribution in [3.63, 3.8) is 0 Å². The maximum atomic E-state index is 11.3. The number of aromatic carboxylic acids is 1. The lowest BCUT2D eigenvalue weighted by atomic mass is 10.0. The fraction of sp³-hybridized carbons (Fsp3) is 0.357. The lowest BCUT2D eigenvalue weighted by molar-refractivity contribution is 0.0699. The molecule has 1 aliphatic rings. The highest BCUT2D eigenvalue weighted by Gasteiger charge is 2.21. The maximum absolute atomic E-state index is 11.3. The molecule has 1 aliphatic heterocycles. The molecule has 0 amide bonds. The Kier molecular flexibility index (Phi) is 3.21. The molecule has 0 saturated carbocycles. The Morgan fingerprint density at radius 1 is 1.58 bits per heavy atom. The van der Waals surface area contributed by atoms with E-state index in [2.05, 4.69) is 0 Å². The first-order valence-electron chi connectivity index (χ1n) is 6.26. The lowest BCUT2D eigenvalue weighted by Gasteiger charge is -2.08. The molecule has 3 rings (SSSR count). The molecule has 0 unspecified atom stereocenters. The van der Waals surface area contributed by atoms with Crippen molar-refractivity contribution in [2.75, 3.05) is 13.2 Å². The molecule has 4 nitrogen and oxygen atoms in total. The average molecular weight is 280 g/mol. The van der Waals surface area contributed by atoms with Gasteiger partial charge >= 0.3 is 5.97 Å². The number of carbonyl (C=O) groups is 1. The molecule has 5 heteroatoms. The highest BCUT2D eigenvalue weighted by molar-refractivity contribution is 6.34. The second-order valence-corrected chi connectivity index (χ2v) is 5.27. The molecule has 0 aromatic carbocycles. The number of aromatic nitrogens is 1. The van der Waals surface area contributed by atoms with Crippen molar-refractivity contribution < 1.29 is 14.6 Å². The van der Waals surface area contributed by atoms with Gasteiger partial charge in [0.15, 0.2) is 0 Å². The van der Waals surface area contributed by atoms with Crippen LogP contribution >= 0.6 is 11.6 Å². The molecule has 0 spiro atoms. The van der Waals surface area contributed by atoms with Gasteiger partial charge < -0.3 is 14.2 Å². The standard InChI is InChI=1S/C14H14ClNO3/c15-12-2-1-4-16-10(6-9-3-5-19-8-9)7-11(13(12)16)14(17)18/h1-2,4,7,9H,3,5-6,8H2,(H,17,18)/t9-/m0/s1. The number of hydrogen-bond acceptors (Lipinski definition) is 2. The van der Waals surface area contributed by atoms with E-state index in [0.29, 0.717) is 16.5 Å². The molecule has 19 heavy (non-hydrogen) atoms. The fourth-order valence-electron chi connectivity index (χ4n) is 2.64. The van der Waals surface area contributed by atoms with E-state index in [1.807, 2.05) is 16.7 Å². The van der Waals surface area contributed by atoms with Crippen LogP contribution in [0.1, 0.15) is 22.5 Å². The smallest absolute Gasteiger partial charge is 0.337 e. The van der Waals surface area contributed by atoms with E-state index in [9.17, 15) is 9.90 Å². The van der Waals surface area contributed by atoms with E-state index in [4.69, 9.17) is 16.3 Å². The molecule has 1 atom stereocenters. The molecule has 0 aliphatic carbocycles. The number of fused-ring (bicyclic) bond motifs is 1. The third-order valence-corrected chi connectivity index (χ3v) is 3.88. The quantitative estimate of drug-likeness (QED) is 0.940. The zero-order valence-electron chi connectivity index (χ0n) is 10.3. The van der Waals surface area contributed by atoms with E-state index in [-0.39, 0.29) is 5.56 Å². The van der Waals surface area contributed by atoms with Gasteiger partial charge in [0, 0.05) is 25.1 Å². The highest BCUT2D eigenvalue weighted by Crippen LogP contribution is 2.27. The van der Waals surface area contributed by atoms with Crippen LogP contribution in [-0.2, 0) is 11.2 Å². The maximum Gasteiger partial charge on any atom is 0.337 e. The summed E-state index contributed by atoms with van der Waals surface area (Å²) >= 11 is 6.13. The Morgan fingerprint density at radius 3 is 3.11 bits per heavy atom. The van der Waals surface area contributed by atoms with Gasteiger partial charge in [0.1, 0.15) is 0 Å². The summed E-state index contributed by atoms with van der Waals surface area (Å²) in [5.41, 5.74) is 1.82. The predicted octanol–water partition coefficient (Wildman–Crippen LogP) is 2.87. The number of nitrogens with zero attached hydrogens (tertiary/aromatic N) is 1. The minimum absolute atomic E-state index is 0.263. The summed E-state index contributed by atoms with van der Waals surface area (Å²) in [7, 11) is 0. The molecule has 3 heterocycles. The number of carboxylic acids is 1. The van der Waals surface area contributed by atoms with Crippen molar-refractivity contribution in [3.05, 3.63) is 40.7 Å². The summed E-state index contributed by atoms with van der Waals surface area (Å²) in [5, 5.41) is 9.75. The van der Waals surface area contributed by atoms with Crippen LogP contribution in [0.5, 0.6) is 0 Å². The van der Waals surface area contributed by atoms with Gasteiger partial charge in [-0.25, -0.2) is 4.79 Å². The van der Waals surface area contributed by atoms with Crippen LogP contribution < -0.4 is 0 Å². The zero-order chi connectivity index (χ0) is 13.4. The van der Waals surface area contributed by atoms with Gasteiger partial charge in [-0.1, -0.05) is 11.6 Å². The van der Waals surface area contributed by atoms with Crippen molar-refractivity contribution in [3.8, 4) is 0 Å². The number of ether oxygens (including phenoxy) is 1. The number of pyridine rings is 1. The Hall–Kier alpha value is -1.52. The highest BCUT2D eigenvalue weighted by atomic mass is 35.5. The number of rotatable bonds is 3. The molecule has 1 saturated heterocycles. The van der Waals surface area contributed by atoms with Gasteiger partial charge in [-0.2, -0.15) is 0 Å². The first-order valence-corrected chi connectivity index (χ1v) is 6.64. The van der Waals surface area contributed by atoms with Crippen molar-refractivity contribution in [1.82, 2.24) is 4.40 Å². The zero-order valence-corrected chi connectivity index (χ0v) is 11.1. The van der Waals surface area contributed by atoms with E-state index >= 15 is 0 Å². The summed E-state index contributed by atoms with van der Waals surface area (Å²) in [5.74, 6) is -0.488. The second kappa shape index (κ2) is 4.87. The van der Waals surface area contributed by atoms with Crippen LogP contribution in [0.2, 0.25) is 5.02 Å². The molecule has 1 N–H and O–H groups in total. The summed E-state index contributed by atoms with van der Waals surface area (Å²) in [6.07, 6.45) is 3.70. The minimum atomic E-state index is -0.945. The molecule has 0 bridgehead atoms. The van der Waals surface area contributed by atoms with Crippen molar-refractivity contribution >= 4 is 23.1 Å². The number of halogens is 1. The molecule has 2 aromatic heterocycles. The van der Waals surface area contributed by atoms with E-state index in [1.54, 1.807) is 12.1 Å². The summed E-state index contributed by atoms with van der Waals surface area (Å²) < 4.78 is 7.25. The Labute approximate surface area is 115 Å². The largest absolute Gasteiger partial charge is 0.478 e. The summed E-state index contributed by atoms with van der Waals surface area (Å²) in [6.45, 7) is 1.54. The van der Waals surface area contributed by atoms with Crippen LogP contribution in [0.3, 0.4) is 0 Å². The van der Waals surface area contributed by atoms with E-state index in [1.165, 1.54) is 0 Å². The summed E-state index contributed by atoms with van der Waals surface area (Å²) in [4.78, 5) is 11.3. The Balaban J connectivity index is 2.09. The van der Waals surface area contributed by atoms with Crippen LogP contribution in [0, 0.1) is 5.92 Å². The monoisotopic (exact) mass is 279 g/mol. The minimum Gasteiger partial charge on any atom is -0.478 e. The predicted molar refractivity (Wildman–Crippen MR) is 72.0 cm³/mol. The van der Waals surface area contributed by atoms with E-state index < -0.39 is 5.97 Å². The van der Waals surface area contributed by atoms with Crippen LogP contribution in [0.25, 0.3) is 5.52 Å². The number of hydrogen-bond donors (Lipinski definition) is 1. The molecular formula is C14H14ClNO3. The average Bonchev–Trinajstić information content (AvgIpc) is 2.99. The van der Waals surface area contributed by atoms with Gasteiger partial charge in [0.2, 0.25) is 0 Å². The topological polar surface area (TPSA) is 50.9 Å². The van der Waals surface area contributed by atoms with Gasteiger partial charge in [-0.15, -0.1) is 0 Å². The van der Waals surface area contributed by atoms with Crippen molar-refractivity contribution in [2.45, 2.75) is 12.8 Å². The third kappa shape index (κ3) is 2.22. The third-order valence-electron chi connectivity index (χ3n) is 3.57. The molecular weight excluding hydrogens is 266 g/mol. The molecule has 1 fully saturated rings. The van der Waals surface area contributed by atoms with Gasteiger partial charge in [-0.05, 0) is 37.0 Å². The normalized spacial score (nSPS) is 19.1. The lowest BCUT2D eigenvalue weighted by Crippen LogP contribution is -2.05. The molecule has 0 radical (unpaired) electrons. The van der Waals surface area contributed by atoms with Crippen LogP contribution in [0.4, 0.5) is 0 Å². The first-order chi connectivity index (χ1) is 9.16. The second-order valence-electron chi connectivity index (χ2n) is 4.86. The summed E-state index contributed by atoms with van der Waals surface area (Å²) in [6, 6.07) is 5.27. The SMILES string of the molecule is O=C(O)c1cc(C[C@@H]2CCOC2)n2cccc(Cl)c12. The van der Waals surface area contributed by atoms with Crippen LogP contribution in [0.15, 0.2) is 24.4 Å². The van der Waals surface area contributed by atoms with Gasteiger partial charge in [0.05, 0.1) is 16.1 Å². The Bertz CT molecular complexity index is 629. The van der Waals surface area contributed by atoms with Gasteiger partial charge in [-0.3, -0.25) is 0 Å². The molecule has 100 valence electrons. The Morgan fingerprint density at radius 2 is 2.42 bits per heavy atom. The van der Waals surface area contributed by atoms with Crippen molar-refractivity contribution in [1.29, 1.82) is 0 Å². The van der Waals surface area contributed by atoms with Gasteiger partial charge in [0.25, 0.3) is 0 Å².